The summed E-state index contributed by atoms with van der Waals surface area (Å²) in [5.74, 6) is 0.695. The summed E-state index contributed by atoms with van der Waals surface area (Å²) in [6.45, 7) is 3.95. The molecular weight excluding hydrogens is 256 g/mol. The van der Waals surface area contributed by atoms with E-state index < -0.39 is 0 Å². The van der Waals surface area contributed by atoms with Gasteiger partial charge in [0, 0.05) is 17.7 Å². The van der Waals surface area contributed by atoms with Gasteiger partial charge in [-0.3, -0.25) is 4.79 Å². The Morgan fingerprint density at radius 1 is 1.45 bits per heavy atom. The minimum absolute atomic E-state index is 0.105. The van der Waals surface area contributed by atoms with E-state index in [4.69, 9.17) is 9.26 Å². The molecule has 1 N–H and O–H groups in total. The zero-order valence-corrected chi connectivity index (χ0v) is 11.8. The molecule has 2 aromatic rings. The van der Waals surface area contributed by atoms with Crippen LogP contribution in [0.1, 0.15) is 30.8 Å². The van der Waals surface area contributed by atoms with Gasteiger partial charge in [0.2, 0.25) is 5.76 Å². The lowest BCUT2D eigenvalue weighted by molar-refractivity contribution is 0.0902. The maximum absolute atomic E-state index is 11.9. The van der Waals surface area contributed by atoms with Gasteiger partial charge in [-0.2, -0.15) is 0 Å². The number of rotatable bonds is 5. The number of amides is 1. The van der Waals surface area contributed by atoms with E-state index in [1.165, 1.54) is 0 Å². The lowest BCUT2D eigenvalue weighted by Gasteiger charge is -2.08. The van der Waals surface area contributed by atoms with E-state index in [0.717, 1.165) is 17.7 Å². The fourth-order valence-electron chi connectivity index (χ4n) is 1.70. The highest BCUT2D eigenvalue weighted by molar-refractivity contribution is 5.92. The van der Waals surface area contributed by atoms with Gasteiger partial charge in [-0.1, -0.05) is 24.2 Å². The summed E-state index contributed by atoms with van der Waals surface area (Å²) in [4.78, 5) is 11.9. The van der Waals surface area contributed by atoms with Crippen molar-refractivity contribution in [2.24, 2.45) is 0 Å². The normalized spacial score (nSPS) is 11.9. The van der Waals surface area contributed by atoms with Crippen LogP contribution >= 0.6 is 0 Å². The lowest BCUT2D eigenvalue weighted by atomic mass is 10.1. The molecule has 0 bridgehead atoms. The smallest absolute Gasteiger partial charge is 0.290 e. The number of hydrogen-bond acceptors (Lipinski definition) is 4. The molecule has 0 saturated heterocycles. The SMILES string of the molecule is CCC(C)NC(=O)c1cc(-c2cccc(OC)c2)no1. The van der Waals surface area contributed by atoms with Gasteiger partial charge in [0.25, 0.3) is 5.91 Å². The monoisotopic (exact) mass is 274 g/mol. The second-order valence-electron chi connectivity index (χ2n) is 4.59. The Labute approximate surface area is 117 Å². The first-order valence-electron chi connectivity index (χ1n) is 6.56. The van der Waals surface area contributed by atoms with Crippen LogP contribution in [-0.2, 0) is 0 Å². The summed E-state index contributed by atoms with van der Waals surface area (Å²) >= 11 is 0. The molecule has 1 heterocycles. The van der Waals surface area contributed by atoms with E-state index in [-0.39, 0.29) is 17.7 Å². The van der Waals surface area contributed by atoms with E-state index in [1.807, 2.05) is 38.1 Å². The van der Waals surface area contributed by atoms with Crippen LogP contribution in [0, 0.1) is 0 Å². The largest absolute Gasteiger partial charge is 0.497 e. The lowest BCUT2D eigenvalue weighted by Crippen LogP contribution is -2.31. The van der Waals surface area contributed by atoms with Crippen LogP contribution < -0.4 is 10.1 Å². The molecule has 0 fully saturated rings. The Balaban J connectivity index is 2.17. The fourth-order valence-corrected chi connectivity index (χ4v) is 1.70. The standard InChI is InChI=1S/C15H18N2O3/c1-4-10(2)16-15(18)14-9-13(17-20-14)11-6-5-7-12(8-11)19-3/h5-10H,4H2,1-3H3,(H,16,18). The molecule has 5 nitrogen and oxygen atoms in total. The number of carbonyl (C=O) groups is 1. The summed E-state index contributed by atoms with van der Waals surface area (Å²) < 4.78 is 10.3. The van der Waals surface area contributed by atoms with E-state index in [9.17, 15) is 4.79 Å². The van der Waals surface area contributed by atoms with E-state index in [1.54, 1.807) is 13.2 Å². The van der Waals surface area contributed by atoms with Crippen molar-refractivity contribution in [3.05, 3.63) is 36.1 Å². The van der Waals surface area contributed by atoms with Gasteiger partial charge in [-0.15, -0.1) is 0 Å². The van der Waals surface area contributed by atoms with Crippen molar-refractivity contribution < 1.29 is 14.1 Å². The Hall–Kier alpha value is -2.30. The van der Waals surface area contributed by atoms with Gasteiger partial charge in [-0.25, -0.2) is 0 Å². The molecule has 0 spiro atoms. The van der Waals surface area contributed by atoms with Gasteiger partial charge in [0.15, 0.2) is 0 Å². The van der Waals surface area contributed by atoms with Gasteiger partial charge in [0.05, 0.1) is 7.11 Å². The van der Waals surface area contributed by atoms with E-state index in [2.05, 4.69) is 10.5 Å². The Bertz CT molecular complexity index is 592. The first-order chi connectivity index (χ1) is 9.63. The Morgan fingerprint density at radius 2 is 2.25 bits per heavy atom. The van der Waals surface area contributed by atoms with Crippen LogP contribution in [0.3, 0.4) is 0 Å². The van der Waals surface area contributed by atoms with Crippen molar-refractivity contribution in [3.63, 3.8) is 0 Å². The van der Waals surface area contributed by atoms with Crippen molar-refractivity contribution in [2.45, 2.75) is 26.3 Å². The van der Waals surface area contributed by atoms with Crippen molar-refractivity contribution >= 4 is 5.91 Å². The summed E-state index contributed by atoms with van der Waals surface area (Å²) in [7, 11) is 1.60. The molecule has 0 aliphatic carbocycles. The van der Waals surface area contributed by atoms with Crippen LogP contribution in [-0.4, -0.2) is 24.2 Å². The van der Waals surface area contributed by atoms with Crippen molar-refractivity contribution in [2.75, 3.05) is 7.11 Å². The summed E-state index contributed by atoms with van der Waals surface area (Å²) in [6.07, 6.45) is 0.864. The third-order valence-corrected chi connectivity index (χ3v) is 3.09. The van der Waals surface area contributed by atoms with Gasteiger partial charge in [-0.05, 0) is 25.5 Å². The Kier molecular flexibility index (Phi) is 4.40. The van der Waals surface area contributed by atoms with Crippen LogP contribution in [0.15, 0.2) is 34.9 Å². The number of carbonyl (C=O) groups excluding carboxylic acids is 1. The molecular formula is C15H18N2O3. The molecule has 2 rings (SSSR count). The first-order valence-corrected chi connectivity index (χ1v) is 6.56. The molecule has 20 heavy (non-hydrogen) atoms. The second-order valence-corrected chi connectivity index (χ2v) is 4.59. The van der Waals surface area contributed by atoms with Crippen LogP contribution in [0.4, 0.5) is 0 Å². The molecule has 1 aromatic carbocycles. The number of ether oxygens (including phenoxy) is 1. The maximum Gasteiger partial charge on any atom is 0.290 e. The van der Waals surface area contributed by atoms with Crippen molar-refractivity contribution in [1.29, 1.82) is 0 Å². The van der Waals surface area contributed by atoms with Crippen molar-refractivity contribution in [1.82, 2.24) is 10.5 Å². The third-order valence-electron chi connectivity index (χ3n) is 3.09. The quantitative estimate of drug-likeness (QED) is 0.910. The summed E-state index contributed by atoms with van der Waals surface area (Å²) in [5.41, 5.74) is 1.45. The Morgan fingerprint density at radius 3 is 2.95 bits per heavy atom. The summed E-state index contributed by atoms with van der Waals surface area (Å²) in [6, 6.07) is 9.17. The molecule has 0 saturated carbocycles. The van der Waals surface area contributed by atoms with E-state index in [0.29, 0.717) is 5.69 Å². The molecule has 106 valence electrons. The van der Waals surface area contributed by atoms with Gasteiger partial charge >= 0.3 is 0 Å². The van der Waals surface area contributed by atoms with Crippen LogP contribution in [0.2, 0.25) is 0 Å². The molecule has 0 radical (unpaired) electrons. The average Bonchev–Trinajstić information content (AvgIpc) is 2.97. The number of aromatic nitrogens is 1. The molecule has 5 heteroatoms. The molecule has 1 unspecified atom stereocenters. The van der Waals surface area contributed by atoms with Crippen LogP contribution in [0.25, 0.3) is 11.3 Å². The van der Waals surface area contributed by atoms with E-state index >= 15 is 0 Å². The molecule has 1 amide bonds. The minimum Gasteiger partial charge on any atom is -0.497 e. The molecule has 1 atom stereocenters. The number of nitrogens with one attached hydrogen (secondary N) is 1. The zero-order valence-electron chi connectivity index (χ0n) is 11.8. The maximum atomic E-state index is 11.9. The van der Waals surface area contributed by atoms with Crippen molar-refractivity contribution in [3.8, 4) is 17.0 Å². The second kappa shape index (κ2) is 6.23. The zero-order chi connectivity index (χ0) is 14.5. The molecule has 0 aliphatic rings. The molecule has 1 aromatic heterocycles. The minimum atomic E-state index is -0.249. The summed E-state index contributed by atoms with van der Waals surface area (Å²) in [5, 5.41) is 6.76. The predicted octanol–water partition coefficient (Wildman–Crippen LogP) is 2.88. The highest BCUT2D eigenvalue weighted by Gasteiger charge is 2.15. The first kappa shape index (κ1) is 14.1. The number of benzene rings is 1. The average molecular weight is 274 g/mol. The fraction of sp³-hybridized carbons (Fsp3) is 0.333. The predicted molar refractivity (Wildman–Crippen MR) is 75.7 cm³/mol. The van der Waals surface area contributed by atoms with Gasteiger partial charge < -0.3 is 14.6 Å². The number of hydrogen-bond donors (Lipinski definition) is 1. The number of nitrogens with zero attached hydrogens (tertiary/aromatic N) is 1. The third kappa shape index (κ3) is 3.17. The van der Waals surface area contributed by atoms with Crippen LogP contribution in [0.5, 0.6) is 5.75 Å². The highest BCUT2D eigenvalue weighted by Crippen LogP contribution is 2.23. The van der Waals surface area contributed by atoms with Gasteiger partial charge in [0.1, 0.15) is 11.4 Å². The molecule has 0 aliphatic heterocycles. The number of methoxy groups -OCH3 is 1. The topological polar surface area (TPSA) is 64.4 Å². The highest BCUT2D eigenvalue weighted by atomic mass is 16.5.